The maximum absolute atomic E-state index is 6.23. The Bertz CT molecular complexity index is 269. The number of likely N-dealkylation sites (N-methyl/N-ethyl adjacent to an activating group) is 1. The van der Waals surface area contributed by atoms with Crippen molar-refractivity contribution in [2.75, 3.05) is 20.1 Å². The molecule has 0 saturated heterocycles. The highest BCUT2D eigenvalue weighted by molar-refractivity contribution is 4.94. The molecule has 0 aromatic carbocycles. The summed E-state index contributed by atoms with van der Waals surface area (Å²) in [5.74, 6) is 0.861. The summed E-state index contributed by atoms with van der Waals surface area (Å²) in [5, 5.41) is 0. The average Bonchev–Trinajstić information content (AvgIpc) is 2.61. The van der Waals surface area contributed by atoms with Gasteiger partial charge in [0.15, 0.2) is 0 Å². The molecule has 0 radical (unpaired) electrons. The van der Waals surface area contributed by atoms with Crippen molar-refractivity contribution in [3.05, 3.63) is 0 Å². The van der Waals surface area contributed by atoms with E-state index < -0.39 is 0 Å². The molecule has 20 heavy (non-hydrogen) atoms. The number of hydrogen-bond donors (Lipinski definition) is 1. The summed E-state index contributed by atoms with van der Waals surface area (Å²) < 4.78 is 0. The van der Waals surface area contributed by atoms with Gasteiger partial charge in [0.05, 0.1) is 0 Å². The minimum Gasteiger partial charge on any atom is -0.329 e. The normalized spacial score (nSPS) is 28.6. The summed E-state index contributed by atoms with van der Waals surface area (Å²) in [7, 11) is 2.31. The molecule has 0 aliphatic heterocycles. The van der Waals surface area contributed by atoms with Crippen LogP contribution in [0.5, 0.6) is 0 Å². The minimum absolute atomic E-state index is 0.272. The fraction of sp³-hybridized carbons (Fsp3) is 1.00. The number of nitrogens with two attached hydrogens (primary N) is 1. The van der Waals surface area contributed by atoms with Crippen molar-refractivity contribution in [1.82, 2.24) is 4.90 Å². The van der Waals surface area contributed by atoms with E-state index >= 15 is 0 Å². The third-order valence-corrected chi connectivity index (χ3v) is 5.66. The fourth-order valence-electron chi connectivity index (χ4n) is 3.83. The third-order valence-electron chi connectivity index (χ3n) is 5.66. The summed E-state index contributed by atoms with van der Waals surface area (Å²) in [6.45, 7) is 11.5. The SMILES string of the molecule is CCCCCN(C)C1(CN)CCCC(C(C)(C)C)CC1. The van der Waals surface area contributed by atoms with Gasteiger partial charge in [-0.2, -0.15) is 0 Å². The van der Waals surface area contributed by atoms with Gasteiger partial charge in [0, 0.05) is 12.1 Å². The third kappa shape index (κ3) is 4.73. The molecule has 2 nitrogen and oxygen atoms in total. The lowest BCUT2D eigenvalue weighted by Gasteiger charge is -2.41. The maximum atomic E-state index is 6.23. The van der Waals surface area contributed by atoms with Crippen molar-refractivity contribution in [2.24, 2.45) is 17.1 Å². The Morgan fingerprint density at radius 2 is 1.85 bits per heavy atom. The molecular formula is C18H38N2. The lowest BCUT2D eigenvalue weighted by Crippen LogP contribution is -2.52. The Kier molecular flexibility index (Phi) is 7.00. The molecule has 0 amide bonds. The number of rotatable bonds is 6. The molecule has 1 saturated carbocycles. The van der Waals surface area contributed by atoms with Crippen LogP contribution in [-0.2, 0) is 0 Å². The first-order valence-electron chi connectivity index (χ1n) is 8.77. The van der Waals surface area contributed by atoms with Gasteiger partial charge in [-0.25, -0.2) is 0 Å². The van der Waals surface area contributed by atoms with Crippen LogP contribution < -0.4 is 5.73 Å². The van der Waals surface area contributed by atoms with Crippen LogP contribution in [0.15, 0.2) is 0 Å². The van der Waals surface area contributed by atoms with E-state index in [-0.39, 0.29) is 5.54 Å². The lowest BCUT2D eigenvalue weighted by atomic mass is 9.76. The van der Waals surface area contributed by atoms with E-state index in [1.807, 2.05) is 0 Å². The summed E-state index contributed by atoms with van der Waals surface area (Å²) in [5.41, 5.74) is 6.95. The first-order chi connectivity index (χ1) is 9.35. The predicted octanol–water partition coefficient (Wildman–Crippen LogP) is 4.43. The number of hydrogen-bond acceptors (Lipinski definition) is 2. The van der Waals surface area contributed by atoms with E-state index in [4.69, 9.17) is 5.73 Å². The van der Waals surface area contributed by atoms with Gasteiger partial charge in [0.1, 0.15) is 0 Å². The molecule has 2 unspecified atom stereocenters. The Labute approximate surface area is 127 Å². The number of unbranched alkanes of at least 4 members (excludes halogenated alkanes) is 2. The molecule has 1 aliphatic rings. The van der Waals surface area contributed by atoms with Crippen molar-refractivity contribution in [2.45, 2.75) is 84.6 Å². The van der Waals surface area contributed by atoms with Crippen molar-refractivity contribution in [1.29, 1.82) is 0 Å². The molecule has 2 atom stereocenters. The minimum atomic E-state index is 0.272. The first-order valence-corrected chi connectivity index (χ1v) is 8.77. The molecular weight excluding hydrogens is 244 g/mol. The van der Waals surface area contributed by atoms with E-state index in [2.05, 4.69) is 39.6 Å². The zero-order valence-electron chi connectivity index (χ0n) is 14.7. The van der Waals surface area contributed by atoms with Crippen molar-refractivity contribution in [3.8, 4) is 0 Å². The second kappa shape index (κ2) is 7.79. The van der Waals surface area contributed by atoms with Gasteiger partial charge >= 0.3 is 0 Å². The molecule has 1 rings (SSSR count). The second-order valence-corrected chi connectivity index (χ2v) is 8.05. The standard InChI is InChI=1S/C18H38N2/c1-6-7-8-14-20(5)18(15-19)12-9-10-16(11-13-18)17(2,3)4/h16H,6-15,19H2,1-5H3. The van der Waals surface area contributed by atoms with Crippen LogP contribution in [0.2, 0.25) is 0 Å². The van der Waals surface area contributed by atoms with Crippen LogP contribution in [0.3, 0.4) is 0 Å². The predicted molar refractivity (Wildman–Crippen MR) is 90.0 cm³/mol. The Balaban J connectivity index is 2.64. The van der Waals surface area contributed by atoms with Gasteiger partial charge in [-0.1, -0.05) is 47.0 Å². The topological polar surface area (TPSA) is 29.3 Å². The molecule has 0 aromatic heterocycles. The first kappa shape index (κ1) is 18.0. The fourth-order valence-corrected chi connectivity index (χ4v) is 3.83. The van der Waals surface area contributed by atoms with E-state index in [0.717, 1.165) is 12.5 Å². The van der Waals surface area contributed by atoms with Gasteiger partial charge in [0.2, 0.25) is 0 Å². The Hall–Kier alpha value is -0.0800. The highest BCUT2D eigenvalue weighted by Gasteiger charge is 2.37. The molecule has 1 aliphatic carbocycles. The van der Waals surface area contributed by atoms with Crippen LogP contribution >= 0.6 is 0 Å². The highest BCUT2D eigenvalue weighted by Crippen LogP contribution is 2.41. The summed E-state index contributed by atoms with van der Waals surface area (Å²) in [6.07, 6.45) is 10.6. The number of nitrogens with zero attached hydrogens (tertiary/aromatic N) is 1. The lowest BCUT2D eigenvalue weighted by molar-refractivity contribution is 0.100. The zero-order chi connectivity index (χ0) is 15.2. The van der Waals surface area contributed by atoms with Crippen molar-refractivity contribution >= 4 is 0 Å². The van der Waals surface area contributed by atoms with E-state index in [1.54, 1.807) is 0 Å². The summed E-state index contributed by atoms with van der Waals surface area (Å²) >= 11 is 0. The van der Waals surface area contributed by atoms with Crippen LogP contribution in [0.1, 0.15) is 79.1 Å². The quantitative estimate of drug-likeness (QED) is 0.577. The molecule has 0 spiro atoms. The molecule has 0 heterocycles. The van der Waals surface area contributed by atoms with E-state index in [9.17, 15) is 0 Å². The van der Waals surface area contributed by atoms with Crippen molar-refractivity contribution < 1.29 is 0 Å². The molecule has 2 N–H and O–H groups in total. The van der Waals surface area contributed by atoms with Crippen molar-refractivity contribution in [3.63, 3.8) is 0 Å². The molecule has 2 heteroatoms. The van der Waals surface area contributed by atoms with Gasteiger partial charge in [-0.3, -0.25) is 4.90 Å². The largest absolute Gasteiger partial charge is 0.329 e. The van der Waals surface area contributed by atoms with E-state index in [1.165, 1.54) is 57.9 Å². The van der Waals surface area contributed by atoms with Crippen LogP contribution in [0.25, 0.3) is 0 Å². The molecule has 1 fully saturated rings. The van der Waals surface area contributed by atoms with Gasteiger partial charge in [0.25, 0.3) is 0 Å². The summed E-state index contributed by atoms with van der Waals surface area (Å²) in [4.78, 5) is 2.59. The van der Waals surface area contributed by atoms with Crippen LogP contribution in [0.4, 0.5) is 0 Å². The zero-order valence-corrected chi connectivity index (χ0v) is 14.7. The Morgan fingerprint density at radius 3 is 2.40 bits per heavy atom. The van der Waals surface area contributed by atoms with Gasteiger partial charge in [-0.05, 0) is 57.0 Å². The Morgan fingerprint density at radius 1 is 1.15 bits per heavy atom. The summed E-state index contributed by atoms with van der Waals surface area (Å²) in [6, 6.07) is 0. The monoisotopic (exact) mass is 282 g/mol. The smallest absolute Gasteiger partial charge is 0.0328 e. The molecule has 0 aromatic rings. The highest BCUT2D eigenvalue weighted by atomic mass is 15.2. The van der Waals surface area contributed by atoms with E-state index in [0.29, 0.717) is 5.41 Å². The second-order valence-electron chi connectivity index (χ2n) is 8.05. The van der Waals surface area contributed by atoms with Crippen LogP contribution in [-0.4, -0.2) is 30.6 Å². The average molecular weight is 283 g/mol. The van der Waals surface area contributed by atoms with Gasteiger partial charge in [-0.15, -0.1) is 0 Å². The van der Waals surface area contributed by atoms with Crippen LogP contribution in [0, 0.1) is 11.3 Å². The molecule has 120 valence electrons. The molecule has 0 bridgehead atoms. The maximum Gasteiger partial charge on any atom is 0.0328 e. The van der Waals surface area contributed by atoms with Gasteiger partial charge < -0.3 is 5.73 Å².